The first kappa shape index (κ1) is 16.9. The van der Waals surface area contributed by atoms with E-state index >= 15 is 0 Å². The van der Waals surface area contributed by atoms with Crippen LogP contribution in [0.2, 0.25) is 0 Å². The number of carbonyl (C=O) groups is 1. The number of nitrogens with one attached hydrogen (secondary N) is 1. The van der Waals surface area contributed by atoms with E-state index in [0.717, 1.165) is 49.7 Å². The molecular weight excluding hydrogens is 306 g/mol. The summed E-state index contributed by atoms with van der Waals surface area (Å²) in [5.41, 5.74) is 2.28. The number of nitrogens with zero attached hydrogens (tertiary/aromatic N) is 2. The number of hydrogen-bond acceptors (Lipinski definition) is 4. The fraction of sp³-hybridized carbons (Fsp3) is 0.611. The molecule has 0 spiro atoms. The minimum atomic E-state index is 0.0118. The summed E-state index contributed by atoms with van der Waals surface area (Å²) >= 11 is 0. The first-order valence-corrected chi connectivity index (χ1v) is 8.70. The highest BCUT2D eigenvalue weighted by Gasteiger charge is 2.24. The minimum Gasteiger partial charge on any atom is -0.497 e. The summed E-state index contributed by atoms with van der Waals surface area (Å²) in [4.78, 5) is 16.7. The molecule has 0 bridgehead atoms. The molecule has 0 saturated carbocycles. The average molecular weight is 333 g/mol. The van der Waals surface area contributed by atoms with Crippen LogP contribution in [0.1, 0.15) is 24.0 Å². The van der Waals surface area contributed by atoms with Crippen LogP contribution in [0.3, 0.4) is 0 Å². The lowest BCUT2D eigenvalue weighted by Crippen LogP contribution is -2.44. The highest BCUT2D eigenvalue weighted by Crippen LogP contribution is 2.32. The van der Waals surface area contributed by atoms with Gasteiger partial charge in [0.05, 0.1) is 20.8 Å². The molecule has 2 aliphatic rings. The molecule has 0 unspecified atom stereocenters. The molecule has 6 heteroatoms. The number of carbonyl (C=O) groups excluding carboxylic acids is 1. The lowest BCUT2D eigenvalue weighted by atomic mass is 9.98. The first-order valence-electron chi connectivity index (χ1n) is 8.70. The quantitative estimate of drug-likeness (QED) is 0.894. The van der Waals surface area contributed by atoms with Crippen molar-refractivity contribution in [2.45, 2.75) is 25.8 Å². The highest BCUT2D eigenvalue weighted by molar-refractivity contribution is 5.74. The zero-order valence-corrected chi connectivity index (χ0v) is 14.6. The fourth-order valence-electron chi connectivity index (χ4n) is 3.52. The number of ether oxygens (including phenoxy) is 2. The minimum absolute atomic E-state index is 0.0118. The van der Waals surface area contributed by atoms with E-state index in [1.807, 2.05) is 17.0 Å². The van der Waals surface area contributed by atoms with Crippen molar-refractivity contribution in [1.29, 1.82) is 0 Å². The molecule has 0 aromatic heterocycles. The molecule has 1 fully saturated rings. The van der Waals surface area contributed by atoms with Gasteiger partial charge in [-0.25, -0.2) is 4.79 Å². The van der Waals surface area contributed by atoms with Gasteiger partial charge in [0.15, 0.2) is 0 Å². The zero-order valence-electron chi connectivity index (χ0n) is 14.6. The Bertz CT molecular complexity index is 568. The van der Waals surface area contributed by atoms with Crippen LogP contribution < -0.4 is 14.8 Å². The molecule has 3 rings (SSSR count). The van der Waals surface area contributed by atoms with Crippen LogP contribution in [0.5, 0.6) is 11.5 Å². The largest absolute Gasteiger partial charge is 0.497 e. The van der Waals surface area contributed by atoms with Gasteiger partial charge in [-0.15, -0.1) is 0 Å². The molecule has 6 nitrogen and oxygen atoms in total. The molecule has 132 valence electrons. The van der Waals surface area contributed by atoms with Crippen molar-refractivity contribution in [3.05, 3.63) is 23.3 Å². The predicted octanol–water partition coefficient (Wildman–Crippen LogP) is 1.87. The Kier molecular flexibility index (Phi) is 5.45. The van der Waals surface area contributed by atoms with Gasteiger partial charge in [-0.2, -0.15) is 0 Å². The molecule has 0 radical (unpaired) electrons. The van der Waals surface area contributed by atoms with Gasteiger partial charge >= 0.3 is 6.03 Å². The molecule has 1 aromatic rings. The van der Waals surface area contributed by atoms with E-state index in [0.29, 0.717) is 13.1 Å². The Labute approximate surface area is 143 Å². The van der Waals surface area contributed by atoms with Gasteiger partial charge in [0.2, 0.25) is 0 Å². The molecule has 1 saturated heterocycles. The van der Waals surface area contributed by atoms with Crippen molar-refractivity contribution < 1.29 is 14.3 Å². The van der Waals surface area contributed by atoms with Gasteiger partial charge in [0.25, 0.3) is 0 Å². The molecule has 0 atom stereocenters. The van der Waals surface area contributed by atoms with Crippen LogP contribution in [0, 0.1) is 0 Å². The molecule has 2 aliphatic heterocycles. The predicted molar refractivity (Wildman–Crippen MR) is 92.7 cm³/mol. The Morgan fingerprint density at radius 3 is 2.67 bits per heavy atom. The topological polar surface area (TPSA) is 54.0 Å². The second-order valence-electron chi connectivity index (χ2n) is 6.42. The van der Waals surface area contributed by atoms with Crippen molar-refractivity contribution in [3.63, 3.8) is 0 Å². The average Bonchev–Trinajstić information content (AvgIpc) is 3.13. The third kappa shape index (κ3) is 3.75. The van der Waals surface area contributed by atoms with E-state index in [1.165, 1.54) is 18.4 Å². The normalized spacial score (nSPS) is 17.5. The van der Waals surface area contributed by atoms with Gasteiger partial charge in [0, 0.05) is 31.3 Å². The lowest BCUT2D eigenvalue weighted by Gasteiger charge is -2.30. The molecular formula is C18H27N3O3. The van der Waals surface area contributed by atoms with Gasteiger partial charge in [0.1, 0.15) is 11.5 Å². The van der Waals surface area contributed by atoms with Crippen LogP contribution in [-0.4, -0.2) is 62.8 Å². The summed E-state index contributed by atoms with van der Waals surface area (Å²) in [7, 11) is 3.31. The summed E-state index contributed by atoms with van der Waals surface area (Å²) in [5.74, 6) is 1.59. The maximum Gasteiger partial charge on any atom is 0.317 e. The number of rotatable bonds is 5. The van der Waals surface area contributed by atoms with Gasteiger partial charge in [-0.1, -0.05) is 0 Å². The number of urea groups is 1. The highest BCUT2D eigenvalue weighted by atomic mass is 16.5. The van der Waals surface area contributed by atoms with Crippen LogP contribution in [0.15, 0.2) is 12.1 Å². The maximum atomic E-state index is 12.4. The SMILES string of the molecule is COc1cc2c(c(OC)c1)CN(C(=O)NCCN1CCCC1)CC2. The number of amides is 2. The summed E-state index contributed by atoms with van der Waals surface area (Å²) in [6.45, 7) is 5.27. The third-order valence-corrected chi connectivity index (χ3v) is 4.92. The smallest absolute Gasteiger partial charge is 0.317 e. The number of likely N-dealkylation sites (tertiary alicyclic amines) is 1. The van der Waals surface area contributed by atoms with Crippen molar-refractivity contribution >= 4 is 6.03 Å². The van der Waals surface area contributed by atoms with Gasteiger partial charge in [-0.3, -0.25) is 0 Å². The fourth-order valence-corrected chi connectivity index (χ4v) is 3.52. The summed E-state index contributed by atoms with van der Waals surface area (Å²) < 4.78 is 10.8. The number of benzene rings is 1. The van der Waals surface area contributed by atoms with Crippen molar-refractivity contribution in [3.8, 4) is 11.5 Å². The first-order chi connectivity index (χ1) is 11.7. The van der Waals surface area contributed by atoms with Crippen molar-refractivity contribution in [1.82, 2.24) is 15.1 Å². The van der Waals surface area contributed by atoms with Crippen LogP contribution in [-0.2, 0) is 13.0 Å². The number of methoxy groups -OCH3 is 2. The monoisotopic (exact) mass is 333 g/mol. The molecule has 1 aromatic carbocycles. The second kappa shape index (κ2) is 7.75. The van der Waals surface area contributed by atoms with Gasteiger partial charge in [-0.05, 0) is 44.0 Å². The Morgan fingerprint density at radius 1 is 1.17 bits per heavy atom. The van der Waals surface area contributed by atoms with E-state index in [4.69, 9.17) is 9.47 Å². The summed E-state index contributed by atoms with van der Waals surface area (Å²) in [6.07, 6.45) is 3.38. The Balaban J connectivity index is 1.58. The summed E-state index contributed by atoms with van der Waals surface area (Å²) in [6, 6.07) is 3.94. The Morgan fingerprint density at radius 2 is 1.96 bits per heavy atom. The van der Waals surface area contributed by atoms with E-state index in [9.17, 15) is 4.79 Å². The van der Waals surface area contributed by atoms with Crippen LogP contribution >= 0.6 is 0 Å². The van der Waals surface area contributed by atoms with Gasteiger partial charge < -0.3 is 24.6 Å². The maximum absolute atomic E-state index is 12.4. The van der Waals surface area contributed by atoms with Crippen molar-refractivity contribution in [2.24, 2.45) is 0 Å². The molecule has 1 N–H and O–H groups in total. The standard InChI is InChI=1S/C18H27N3O3/c1-23-15-11-14-5-9-21(13-16(14)17(12-15)24-2)18(22)19-6-10-20-7-3-4-8-20/h11-12H,3-10,13H2,1-2H3,(H,19,22). The van der Waals surface area contributed by atoms with E-state index < -0.39 is 0 Å². The molecule has 2 amide bonds. The number of fused-ring (bicyclic) bond motifs is 1. The summed E-state index contributed by atoms with van der Waals surface area (Å²) in [5, 5.41) is 3.05. The van der Waals surface area contributed by atoms with Crippen LogP contribution in [0.4, 0.5) is 4.79 Å². The molecule has 2 heterocycles. The van der Waals surface area contributed by atoms with Crippen LogP contribution in [0.25, 0.3) is 0 Å². The third-order valence-electron chi connectivity index (χ3n) is 4.92. The van der Waals surface area contributed by atoms with E-state index in [-0.39, 0.29) is 6.03 Å². The zero-order chi connectivity index (χ0) is 16.9. The van der Waals surface area contributed by atoms with Crippen molar-refractivity contribution in [2.75, 3.05) is 46.9 Å². The molecule has 0 aliphatic carbocycles. The lowest BCUT2D eigenvalue weighted by molar-refractivity contribution is 0.189. The Hall–Kier alpha value is -1.95. The number of hydrogen-bond donors (Lipinski definition) is 1. The van der Waals surface area contributed by atoms with E-state index in [1.54, 1.807) is 14.2 Å². The van der Waals surface area contributed by atoms with E-state index in [2.05, 4.69) is 10.2 Å². The molecule has 24 heavy (non-hydrogen) atoms. The second-order valence-corrected chi connectivity index (χ2v) is 6.42.